The molecule has 0 saturated carbocycles. The predicted molar refractivity (Wildman–Crippen MR) is 141 cm³/mol. The number of ether oxygens (including phenoxy) is 2. The molecule has 0 radical (unpaired) electrons. The van der Waals surface area contributed by atoms with Crippen LogP contribution in [0.25, 0.3) is 21.3 Å². The van der Waals surface area contributed by atoms with Gasteiger partial charge < -0.3 is 9.47 Å². The van der Waals surface area contributed by atoms with Gasteiger partial charge in [-0.05, 0) is 72.9 Å². The lowest BCUT2D eigenvalue weighted by Crippen LogP contribution is -2.21. The fourth-order valence-corrected chi connectivity index (χ4v) is 5.37. The van der Waals surface area contributed by atoms with Crippen LogP contribution >= 0.6 is 11.3 Å². The van der Waals surface area contributed by atoms with Crippen molar-refractivity contribution in [3.8, 4) is 22.6 Å². The van der Waals surface area contributed by atoms with Crippen molar-refractivity contribution >= 4 is 21.6 Å². The second-order valence-corrected chi connectivity index (χ2v) is 10.6. The Balaban J connectivity index is 1.34. The lowest BCUT2D eigenvalue weighted by atomic mass is 10.0. The summed E-state index contributed by atoms with van der Waals surface area (Å²) < 4.78 is 148. The van der Waals surface area contributed by atoms with Crippen molar-refractivity contribution < 1.29 is 53.4 Å². The van der Waals surface area contributed by atoms with Gasteiger partial charge in [0.15, 0.2) is 11.6 Å². The Labute approximate surface area is 246 Å². The molecule has 4 aromatic carbocycles. The minimum Gasteiger partial charge on any atom is -0.427 e. The second kappa shape index (κ2) is 11.6. The SMILES string of the molecule is Cc1cc(F)c(CCc2ccc3nc(C(F)(F)Oc4cc(F)c(-c5ccc(OC(F)(F)F)c(F)c5)c(F)c4)sc3c2)c(F)c1. The van der Waals surface area contributed by atoms with Crippen LogP contribution in [0.2, 0.25) is 0 Å². The zero-order chi connectivity index (χ0) is 32.0. The summed E-state index contributed by atoms with van der Waals surface area (Å²) in [6, 6.07) is 9.38. The third kappa shape index (κ3) is 6.74. The van der Waals surface area contributed by atoms with Gasteiger partial charge in [-0.2, -0.15) is 8.78 Å². The van der Waals surface area contributed by atoms with Crippen molar-refractivity contribution in [2.75, 3.05) is 0 Å². The molecule has 230 valence electrons. The lowest BCUT2D eigenvalue weighted by Gasteiger charge is -2.17. The van der Waals surface area contributed by atoms with Crippen LogP contribution in [-0.2, 0) is 19.0 Å². The van der Waals surface area contributed by atoms with Gasteiger partial charge in [0.2, 0.25) is 5.01 Å². The van der Waals surface area contributed by atoms with Crippen LogP contribution in [-0.4, -0.2) is 11.3 Å². The lowest BCUT2D eigenvalue weighted by molar-refractivity contribution is -0.275. The van der Waals surface area contributed by atoms with Crippen LogP contribution in [0.4, 0.5) is 43.9 Å². The first-order valence-electron chi connectivity index (χ1n) is 12.6. The molecule has 1 heterocycles. The molecule has 0 saturated heterocycles. The van der Waals surface area contributed by atoms with Gasteiger partial charge in [-0.3, -0.25) is 0 Å². The average molecular weight is 646 g/mol. The van der Waals surface area contributed by atoms with Gasteiger partial charge in [0, 0.05) is 17.7 Å². The Hall–Kier alpha value is -4.33. The molecule has 5 rings (SSSR count). The smallest absolute Gasteiger partial charge is 0.427 e. The highest BCUT2D eigenvalue weighted by atomic mass is 32.1. The summed E-state index contributed by atoms with van der Waals surface area (Å²) >= 11 is 0.527. The van der Waals surface area contributed by atoms with Gasteiger partial charge in [0.1, 0.15) is 29.0 Å². The van der Waals surface area contributed by atoms with E-state index in [-0.39, 0.29) is 23.9 Å². The molecule has 0 bridgehead atoms. The molecular weight excluding hydrogens is 628 g/mol. The summed E-state index contributed by atoms with van der Waals surface area (Å²) in [6.07, 6.45) is -9.17. The number of aryl methyl sites for hydroxylation is 2. The average Bonchev–Trinajstić information content (AvgIpc) is 3.33. The van der Waals surface area contributed by atoms with E-state index in [1.807, 2.05) is 0 Å². The summed E-state index contributed by atoms with van der Waals surface area (Å²) in [6.45, 7) is 1.55. The van der Waals surface area contributed by atoms with Gasteiger partial charge in [0.25, 0.3) is 0 Å². The van der Waals surface area contributed by atoms with Gasteiger partial charge in [0.05, 0.1) is 15.8 Å². The molecule has 0 spiro atoms. The highest BCUT2D eigenvalue weighted by molar-refractivity contribution is 7.18. The van der Waals surface area contributed by atoms with Crippen molar-refractivity contribution in [3.05, 3.63) is 111 Å². The summed E-state index contributed by atoms with van der Waals surface area (Å²) in [5.41, 5.74) is -0.377. The Morgan fingerprint density at radius 1 is 0.705 bits per heavy atom. The quantitative estimate of drug-likeness (QED) is 0.158. The first-order valence-corrected chi connectivity index (χ1v) is 13.4. The van der Waals surface area contributed by atoms with Crippen molar-refractivity contribution in [1.82, 2.24) is 4.98 Å². The predicted octanol–water partition coefficient (Wildman–Crippen LogP) is 9.78. The summed E-state index contributed by atoms with van der Waals surface area (Å²) in [5.74, 6) is -8.07. The van der Waals surface area contributed by atoms with E-state index in [0.717, 1.165) is 6.07 Å². The fraction of sp³-hybridized carbons (Fsp3) is 0.167. The first kappa shape index (κ1) is 31.1. The first-order chi connectivity index (χ1) is 20.6. The molecule has 0 N–H and O–H groups in total. The van der Waals surface area contributed by atoms with Crippen molar-refractivity contribution in [3.63, 3.8) is 0 Å². The van der Waals surface area contributed by atoms with E-state index in [9.17, 15) is 35.1 Å². The Kier molecular flexibility index (Phi) is 8.23. The maximum Gasteiger partial charge on any atom is 0.573 e. The van der Waals surface area contributed by atoms with Crippen molar-refractivity contribution in [2.24, 2.45) is 0 Å². The normalized spacial score (nSPS) is 12.2. The fourth-order valence-electron chi connectivity index (χ4n) is 4.43. The second-order valence-electron chi connectivity index (χ2n) is 9.60. The van der Waals surface area contributed by atoms with Crippen LogP contribution in [0.3, 0.4) is 0 Å². The van der Waals surface area contributed by atoms with E-state index in [1.54, 1.807) is 13.0 Å². The standard InChI is InChI=1S/C30H17F10NO2S/c1-14-8-19(31)18(20(32)9-14)5-2-15-3-6-24-26(10-15)44-28(41-24)29(36,37)42-17-12-22(34)27(23(35)13-17)16-4-7-25(21(33)11-16)43-30(38,39)40/h3-4,6-13H,2,5H2,1H3. The molecule has 3 nitrogen and oxygen atoms in total. The minimum atomic E-state index is -5.21. The van der Waals surface area contributed by atoms with E-state index in [1.165, 1.54) is 24.3 Å². The molecule has 0 amide bonds. The number of alkyl halides is 5. The highest BCUT2D eigenvalue weighted by Crippen LogP contribution is 2.39. The number of rotatable bonds is 8. The molecule has 0 aliphatic carbocycles. The van der Waals surface area contributed by atoms with E-state index < -0.39 is 69.2 Å². The Morgan fingerprint density at radius 2 is 1.36 bits per heavy atom. The van der Waals surface area contributed by atoms with E-state index in [2.05, 4.69) is 14.5 Å². The molecule has 0 unspecified atom stereocenters. The van der Waals surface area contributed by atoms with E-state index in [0.29, 0.717) is 51.4 Å². The van der Waals surface area contributed by atoms with Crippen LogP contribution in [0.5, 0.6) is 11.5 Å². The molecular formula is C30H17F10NO2S. The maximum atomic E-state index is 15.0. The number of hydrogen-bond acceptors (Lipinski definition) is 4. The number of nitrogens with zero attached hydrogens (tertiary/aromatic N) is 1. The summed E-state index contributed by atoms with van der Waals surface area (Å²) in [5, 5.41) is -0.854. The zero-order valence-corrected chi connectivity index (χ0v) is 23.0. The Morgan fingerprint density at radius 3 is 1.98 bits per heavy atom. The number of thiazole rings is 1. The van der Waals surface area contributed by atoms with Gasteiger partial charge in [-0.25, -0.2) is 26.9 Å². The number of fused-ring (bicyclic) bond motifs is 1. The van der Waals surface area contributed by atoms with Crippen LogP contribution in [0, 0.1) is 36.0 Å². The van der Waals surface area contributed by atoms with E-state index >= 15 is 8.78 Å². The molecule has 0 fully saturated rings. The third-order valence-electron chi connectivity index (χ3n) is 6.36. The van der Waals surface area contributed by atoms with Crippen LogP contribution in [0.1, 0.15) is 21.7 Å². The maximum absolute atomic E-state index is 15.0. The molecule has 14 heteroatoms. The molecule has 5 aromatic rings. The van der Waals surface area contributed by atoms with Crippen molar-refractivity contribution in [1.29, 1.82) is 0 Å². The molecule has 44 heavy (non-hydrogen) atoms. The Bertz CT molecular complexity index is 1820. The molecule has 0 aliphatic rings. The third-order valence-corrected chi connectivity index (χ3v) is 7.43. The van der Waals surface area contributed by atoms with E-state index in [4.69, 9.17) is 0 Å². The number of aromatic nitrogens is 1. The summed E-state index contributed by atoms with van der Waals surface area (Å²) in [4.78, 5) is 3.83. The molecule has 0 atom stereocenters. The molecule has 0 aliphatic heterocycles. The molecule has 1 aromatic heterocycles. The van der Waals surface area contributed by atoms with Gasteiger partial charge in [-0.1, -0.05) is 12.1 Å². The summed E-state index contributed by atoms with van der Waals surface area (Å²) in [7, 11) is 0. The number of hydrogen-bond donors (Lipinski definition) is 0. The number of halogens is 10. The van der Waals surface area contributed by atoms with Crippen molar-refractivity contribution in [2.45, 2.75) is 32.2 Å². The van der Waals surface area contributed by atoms with Crippen LogP contribution < -0.4 is 9.47 Å². The topological polar surface area (TPSA) is 31.4 Å². The largest absolute Gasteiger partial charge is 0.573 e. The highest BCUT2D eigenvalue weighted by Gasteiger charge is 2.39. The monoisotopic (exact) mass is 645 g/mol. The van der Waals surface area contributed by atoms with Gasteiger partial charge in [-0.15, -0.1) is 24.5 Å². The minimum absolute atomic E-state index is 0.0135. The van der Waals surface area contributed by atoms with Crippen LogP contribution in [0.15, 0.2) is 60.7 Å². The van der Waals surface area contributed by atoms with Gasteiger partial charge >= 0.3 is 12.5 Å². The number of benzene rings is 4. The zero-order valence-electron chi connectivity index (χ0n) is 22.1.